The van der Waals surface area contributed by atoms with Gasteiger partial charge in [0.1, 0.15) is 5.82 Å². The van der Waals surface area contributed by atoms with E-state index in [1.54, 1.807) is 31.6 Å². The first-order valence-electron chi connectivity index (χ1n) is 5.34. The molecule has 0 spiro atoms. The predicted octanol–water partition coefficient (Wildman–Crippen LogP) is 1.38. The number of anilines is 1. The van der Waals surface area contributed by atoms with Gasteiger partial charge in [-0.1, -0.05) is 0 Å². The van der Waals surface area contributed by atoms with Crippen LogP contribution in [-0.2, 0) is 6.54 Å². The number of benzene rings is 1. The molecule has 5 heteroatoms. The first-order valence-corrected chi connectivity index (χ1v) is 5.34. The summed E-state index contributed by atoms with van der Waals surface area (Å²) in [6, 6.07) is 7.30. The van der Waals surface area contributed by atoms with Crippen LogP contribution in [0.5, 0.6) is 0 Å². The molecule has 0 saturated heterocycles. The number of H-pyrrole nitrogens is 1. The molecule has 2 rings (SSSR count). The maximum absolute atomic E-state index is 11.3. The molecule has 5 nitrogen and oxygen atoms in total. The minimum Gasteiger partial charge on any atom is -0.378 e. The van der Waals surface area contributed by atoms with Crippen LogP contribution in [0.25, 0.3) is 0 Å². The third-order valence-corrected chi connectivity index (χ3v) is 2.39. The van der Waals surface area contributed by atoms with Crippen LogP contribution in [0.2, 0.25) is 0 Å². The summed E-state index contributed by atoms with van der Waals surface area (Å²) in [5.41, 5.74) is 1.60. The van der Waals surface area contributed by atoms with Crippen LogP contribution in [0.4, 0.5) is 5.69 Å². The lowest BCUT2D eigenvalue weighted by Gasteiger charge is -2.05. The standard InChI is InChI=1S/C12H14N4O/c1-13-12(17)9-2-4-10(5-3-9)16-8-11-14-6-7-15-11/h2-7,16H,8H2,1H3,(H,13,17)(H,14,15). The molecule has 0 unspecified atom stereocenters. The average Bonchev–Trinajstić information content (AvgIpc) is 2.89. The van der Waals surface area contributed by atoms with Gasteiger partial charge >= 0.3 is 0 Å². The molecule has 1 amide bonds. The Balaban J connectivity index is 1.96. The first-order chi connectivity index (χ1) is 8.29. The lowest BCUT2D eigenvalue weighted by Crippen LogP contribution is -2.17. The molecule has 1 aromatic heterocycles. The summed E-state index contributed by atoms with van der Waals surface area (Å²) in [5, 5.41) is 5.79. The third-order valence-electron chi connectivity index (χ3n) is 2.39. The Bertz CT molecular complexity index is 476. The Morgan fingerprint density at radius 3 is 2.71 bits per heavy atom. The maximum atomic E-state index is 11.3. The SMILES string of the molecule is CNC(=O)c1ccc(NCc2ncc[nH]2)cc1. The second-order valence-corrected chi connectivity index (χ2v) is 3.55. The van der Waals surface area contributed by atoms with Crippen molar-refractivity contribution in [3.05, 3.63) is 48.0 Å². The average molecular weight is 230 g/mol. The number of imidazole rings is 1. The van der Waals surface area contributed by atoms with Crippen molar-refractivity contribution in [1.82, 2.24) is 15.3 Å². The summed E-state index contributed by atoms with van der Waals surface area (Å²) in [6.45, 7) is 0.631. The smallest absolute Gasteiger partial charge is 0.251 e. The highest BCUT2D eigenvalue weighted by Crippen LogP contribution is 2.10. The third kappa shape index (κ3) is 2.84. The highest BCUT2D eigenvalue weighted by Gasteiger charge is 2.02. The summed E-state index contributed by atoms with van der Waals surface area (Å²) in [5.74, 6) is 0.794. The number of nitrogens with zero attached hydrogens (tertiary/aromatic N) is 1. The zero-order valence-corrected chi connectivity index (χ0v) is 9.53. The second kappa shape index (κ2) is 5.16. The van der Waals surface area contributed by atoms with Gasteiger partial charge in [0.05, 0.1) is 6.54 Å². The normalized spacial score (nSPS) is 9.94. The van der Waals surface area contributed by atoms with Crippen molar-refractivity contribution >= 4 is 11.6 Å². The number of carbonyl (C=O) groups excluding carboxylic acids is 1. The second-order valence-electron chi connectivity index (χ2n) is 3.55. The predicted molar refractivity (Wildman–Crippen MR) is 65.7 cm³/mol. The van der Waals surface area contributed by atoms with E-state index in [9.17, 15) is 4.79 Å². The topological polar surface area (TPSA) is 69.8 Å². The lowest BCUT2D eigenvalue weighted by molar-refractivity contribution is 0.0963. The van der Waals surface area contributed by atoms with E-state index in [0.717, 1.165) is 11.5 Å². The summed E-state index contributed by atoms with van der Waals surface area (Å²) in [6.07, 6.45) is 3.50. The maximum Gasteiger partial charge on any atom is 0.251 e. The van der Waals surface area contributed by atoms with Crippen molar-refractivity contribution < 1.29 is 4.79 Å². The van der Waals surface area contributed by atoms with Gasteiger partial charge in [0.25, 0.3) is 5.91 Å². The minimum absolute atomic E-state index is 0.0809. The Hall–Kier alpha value is -2.30. The van der Waals surface area contributed by atoms with Crippen molar-refractivity contribution in [2.45, 2.75) is 6.54 Å². The number of nitrogens with one attached hydrogen (secondary N) is 3. The van der Waals surface area contributed by atoms with Crippen LogP contribution < -0.4 is 10.6 Å². The number of hydrogen-bond donors (Lipinski definition) is 3. The van der Waals surface area contributed by atoms with E-state index in [-0.39, 0.29) is 5.91 Å². The molecule has 1 heterocycles. The van der Waals surface area contributed by atoms with Gasteiger partial charge in [-0.15, -0.1) is 0 Å². The summed E-state index contributed by atoms with van der Waals surface area (Å²) in [7, 11) is 1.62. The molecule has 1 aromatic carbocycles. The van der Waals surface area contributed by atoms with E-state index in [1.165, 1.54) is 0 Å². The molecule has 0 aliphatic rings. The first kappa shape index (κ1) is 11.2. The van der Waals surface area contributed by atoms with Gasteiger partial charge in [-0.3, -0.25) is 4.79 Å². The van der Waals surface area contributed by atoms with Crippen LogP contribution in [0.15, 0.2) is 36.7 Å². The molecule has 0 aliphatic carbocycles. The van der Waals surface area contributed by atoms with Crippen molar-refractivity contribution in [1.29, 1.82) is 0 Å². The summed E-state index contributed by atoms with van der Waals surface area (Å²) < 4.78 is 0. The van der Waals surface area contributed by atoms with Crippen molar-refractivity contribution in [2.24, 2.45) is 0 Å². The van der Waals surface area contributed by atoms with E-state index >= 15 is 0 Å². The van der Waals surface area contributed by atoms with Crippen molar-refractivity contribution in [3.63, 3.8) is 0 Å². The largest absolute Gasteiger partial charge is 0.378 e. The van der Waals surface area contributed by atoms with Crippen LogP contribution in [0.1, 0.15) is 16.2 Å². The molecule has 17 heavy (non-hydrogen) atoms. The quantitative estimate of drug-likeness (QED) is 0.743. The van der Waals surface area contributed by atoms with Crippen LogP contribution in [0, 0.1) is 0 Å². The fourth-order valence-corrected chi connectivity index (χ4v) is 1.46. The highest BCUT2D eigenvalue weighted by atomic mass is 16.1. The van der Waals surface area contributed by atoms with E-state index in [1.807, 2.05) is 12.1 Å². The van der Waals surface area contributed by atoms with Gasteiger partial charge in [-0.05, 0) is 24.3 Å². The van der Waals surface area contributed by atoms with Crippen LogP contribution in [-0.4, -0.2) is 22.9 Å². The fraction of sp³-hybridized carbons (Fsp3) is 0.167. The van der Waals surface area contributed by atoms with Crippen molar-refractivity contribution in [3.8, 4) is 0 Å². The minimum atomic E-state index is -0.0809. The van der Waals surface area contributed by atoms with Crippen LogP contribution >= 0.6 is 0 Å². The number of hydrogen-bond acceptors (Lipinski definition) is 3. The molecule has 88 valence electrons. The molecule has 0 bridgehead atoms. The molecule has 0 atom stereocenters. The van der Waals surface area contributed by atoms with E-state index in [0.29, 0.717) is 12.1 Å². The molecular weight excluding hydrogens is 216 g/mol. The zero-order valence-electron chi connectivity index (χ0n) is 9.53. The lowest BCUT2D eigenvalue weighted by atomic mass is 10.2. The number of aromatic nitrogens is 2. The Labute approximate surface area is 99.3 Å². The summed E-state index contributed by atoms with van der Waals surface area (Å²) in [4.78, 5) is 18.4. The molecule has 0 fully saturated rings. The van der Waals surface area contributed by atoms with Crippen LogP contribution in [0.3, 0.4) is 0 Å². The molecule has 2 aromatic rings. The summed E-state index contributed by atoms with van der Waals surface area (Å²) >= 11 is 0. The van der Waals surface area contributed by atoms with Gasteiger partial charge in [0.2, 0.25) is 0 Å². The van der Waals surface area contributed by atoms with Gasteiger partial charge in [0.15, 0.2) is 0 Å². The van der Waals surface area contributed by atoms with Gasteiger partial charge in [-0.2, -0.15) is 0 Å². The Morgan fingerprint density at radius 1 is 1.35 bits per heavy atom. The molecule has 3 N–H and O–H groups in total. The number of amides is 1. The molecule has 0 saturated carbocycles. The monoisotopic (exact) mass is 230 g/mol. The van der Waals surface area contributed by atoms with Gasteiger partial charge in [0, 0.05) is 30.7 Å². The van der Waals surface area contributed by atoms with E-state index in [2.05, 4.69) is 20.6 Å². The molecule has 0 aliphatic heterocycles. The van der Waals surface area contributed by atoms with E-state index in [4.69, 9.17) is 0 Å². The van der Waals surface area contributed by atoms with E-state index < -0.39 is 0 Å². The van der Waals surface area contributed by atoms with Gasteiger partial charge < -0.3 is 15.6 Å². The molecule has 0 radical (unpaired) electrons. The fourth-order valence-electron chi connectivity index (χ4n) is 1.46. The Kier molecular flexibility index (Phi) is 3.40. The Morgan fingerprint density at radius 2 is 2.12 bits per heavy atom. The van der Waals surface area contributed by atoms with Gasteiger partial charge in [-0.25, -0.2) is 4.98 Å². The number of rotatable bonds is 4. The number of aromatic amines is 1. The molecular formula is C12H14N4O. The zero-order chi connectivity index (χ0) is 12.1. The number of carbonyl (C=O) groups is 1. The highest BCUT2D eigenvalue weighted by molar-refractivity contribution is 5.94. The van der Waals surface area contributed by atoms with Crippen molar-refractivity contribution in [2.75, 3.05) is 12.4 Å².